The van der Waals surface area contributed by atoms with Crippen molar-refractivity contribution < 1.29 is 9.18 Å². The van der Waals surface area contributed by atoms with Crippen molar-refractivity contribution in [1.29, 1.82) is 0 Å². The van der Waals surface area contributed by atoms with Gasteiger partial charge in [0.15, 0.2) is 0 Å². The van der Waals surface area contributed by atoms with Crippen LogP contribution in [-0.4, -0.2) is 47.3 Å². The van der Waals surface area contributed by atoms with Gasteiger partial charge in [-0.15, -0.1) is 0 Å². The van der Waals surface area contributed by atoms with E-state index in [9.17, 15) is 9.18 Å². The molecular weight excluding hydrogens is 429 g/mol. The molecule has 1 aliphatic heterocycles. The first-order valence-corrected chi connectivity index (χ1v) is 11.5. The molecular formula is C27H24FN5O. The molecule has 170 valence electrons. The Bertz CT molecular complexity index is 1340. The van der Waals surface area contributed by atoms with Crippen molar-refractivity contribution in [3.8, 4) is 22.5 Å². The van der Waals surface area contributed by atoms with E-state index in [1.54, 1.807) is 12.1 Å². The number of benzene rings is 3. The van der Waals surface area contributed by atoms with Gasteiger partial charge in [-0.1, -0.05) is 36.4 Å². The Labute approximate surface area is 197 Å². The predicted molar refractivity (Wildman–Crippen MR) is 131 cm³/mol. The van der Waals surface area contributed by atoms with E-state index in [1.807, 2.05) is 29.2 Å². The van der Waals surface area contributed by atoms with Gasteiger partial charge in [-0.05, 0) is 42.0 Å². The van der Waals surface area contributed by atoms with Crippen LogP contribution in [0.1, 0.15) is 11.1 Å². The van der Waals surface area contributed by atoms with Crippen molar-refractivity contribution >= 4 is 17.4 Å². The van der Waals surface area contributed by atoms with Crippen molar-refractivity contribution in [3.05, 3.63) is 89.7 Å². The van der Waals surface area contributed by atoms with Crippen molar-refractivity contribution in [2.45, 2.75) is 6.42 Å². The highest BCUT2D eigenvalue weighted by Crippen LogP contribution is 2.39. The lowest BCUT2D eigenvalue weighted by Gasteiger charge is -2.36. The second kappa shape index (κ2) is 8.33. The van der Waals surface area contributed by atoms with E-state index >= 15 is 0 Å². The smallest absolute Gasteiger partial charge is 0.321 e. The summed E-state index contributed by atoms with van der Waals surface area (Å²) in [4.78, 5) is 16.8. The van der Waals surface area contributed by atoms with E-state index in [-0.39, 0.29) is 11.8 Å². The number of hydrogen-bond acceptors (Lipinski definition) is 3. The second-order valence-corrected chi connectivity index (χ2v) is 8.72. The number of rotatable bonds is 3. The molecule has 0 unspecified atom stereocenters. The van der Waals surface area contributed by atoms with Crippen LogP contribution in [0.5, 0.6) is 0 Å². The van der Waals surface area contributed by atoms with E-state index < -0.39 is 0 Å². The van der Waals surface area contributed by atoms with E-state index in [1.165, 1.54) is 28.8 Å². The van der Waals surface area contributed by atoms with Crippen molar-refractivity contribution in [1.82, 2.24) is 15.1 Å². The number of anilines is 2. The maximum atomic E-state index is 13.2. The minimum Gasteiger partial charge on any atom is -0.368 e. The van der Waals surface area contributed by atoms with Crippen LogP contribution in [0.3, 0.4) is 0 Å². The maximum Gasteiger partial charge on any atom is 0.321 e. The summed E-state index contributed by atoms with van der Waals surface area (Å²) in [5.74, 6) is -0.241. The molecule has 1 saturated heterocycles. The van der Waals surface area contributed by atoms with Crippen molar-refractivity contribution in [3.63, 3.8) is 0 Å². The molecule has 1 fully saturated rings. The number of H-pyrrole nitrogens is 1. The number of fused-ring (bicyclic) bond motifs is 3. The van der Waals surface area contributed by atoms with Crippen LogP contribution in [-0.2, 0) is 6.42 Å². The maximum absolute atomic E-state index is 13.2. The third-order valence-electron chi connectivity index (χ3n) is 6.69. The molecule has 4 aromatic rings. The summed E-state index contributed by atoms with van der Waals surface area (Å²) in [6, 6.07) is 22.6. The average Bonchev–Trinajstić information content (AvgIpc) is 3.45. The zero-order chi connectivity index (χ0) is 23.1. The minimum absolute atomic E-state index is 0.109. The molecule has 0 radical (unpaired) electrons. The summed E-state index contributed by atoms with van der Waals surface area (Å²) in [7, 11) is 0. The predicted octanol–water partition coefficient (Wildman–Crippen LogP) is 5.14. The number of carbonyl (C=O) groups excluding carboxylic acids is 1. The summed E-state index contributed by atoms with van der Waals surface area (Å²) in [5, 5.41) is 10.8. The highest BCUT2D eigenvalue weighted by molar-refractivity contribution is 5.90. The molecule has 2 N–H and O–H groups in total. The molecule has 2 aliphatic rings. The Hall–Kier alpha value is -4.13. The quantitative estimate of drug-likeness (QED) is 0.398. The molecule has 34 heavy (non-hydrogen) atoms. The van der Waals surface area contributed by atoms with Gasteiger partial charge in [0, 0.05) is 60.7 Å². The number of carbonyl (C=O) groups is 1. The van der Waals surface area contributed by atoms with E-state index in [4.69, 9.17) is 0 Å². The lowest BCUT2D eigenvalue weighted by atomic mass is 10.1. The van der Waals surface area contributed by atoms with Crippen LogP contribution < -0.4 is 10.2 Å². The van der Waals surface area contributed by atoms with Crippen LogP contribution in [0.15, 0.2) is 72.8 Å². The molecule has 1 aliphatic carbocycles. The van der Waals surface area contributed by atoms with Crippen LogP contribution in [0.4, 0.5) is 20.6 Å². The number of nitrogens with one attached hydrogen (secondary N) is 2. The molecule has 0 saturated carbocycles. The fourth-order valence-corrected chi connectivity index (χ4v) is 4.84. The number of aromatic nitrogens is 2. The zero-order valence-corrected chi connectivity index (χ0v) is 18.6. The Kier molecular flexibility index (Phi) is 5.02. The van der Waals surface area contributed by atoms with E-state index in [2.05, 4.69) is 44.7 Å². The van der Waals surface area contributed by atoms with Gasteiger partial charge in [-0.2, -0.15) is 5.10 Å². The van der Waals surface area contributed by atoms with Crippen molar-refractivity contribution in [2.75, 3.05) is 36.4 Å². The normalized spacial score (nSPS) is 14.6. The number of nitrogens with zero attached hydrogens (tertiary/aromatic N) is 3. The standard InChI is InChI=1S/C27H24FN5O/c28-20-7-11-22(12-8-20)32-13-15-33(16-14-32)27(34)29-21-9-5-18(6-10-21)25-24-17-19-3-1-2-4-23(19)26(24)31-30-25/h1-12H,13-17H2,(H,29,34)(H,30,31). The van der Waals surface area contributed by atoms with Gasteiger partial charge in [0.25, 0.3) is 0 Å². The molecule has 2 heterocycles. The van der Waals surface area contributed by atoms with Crippen LogP contribution in [0.25, 0.3) is 22.5 Å². The zero-order valence-electron chi connectivity index (χ0n) is 18.6. The third-order valence-corrected chi connectivity index (χ3v) is 6.69. The highest BCUT2D eigenvalue weighted by atomic mass is 19.1. The lowest BCUT2D eigenvalue weighted by Crippen LogP contribution is -2.50. The number of halogens is 1. The first-order valence-electron chi connectivity index (χ1n) is 11.5. The summed E-state index contributed by atoms with van der Waals surface area (Å²) in [6.45, 7) is 2.65. The Morgan fingerprint density at radius 3 is 2.41 bits per heavy atom. The van der Waals surface area contributed by atoms with Gasteiger partial charge in [0.05, 0.1) is 11.4 Å². The third kappa shape index (κ3) is 3.69. The SMILES string of the molecule is O=C(Nc1ccc(-c2n[nH]c3c2Cc2ccccc2-3)cc1)N1CCN(c2ccc(F)cc2)CC1. The molecule has 6 nitrogen and oxygen atoms in total. The molecule has 1 aromatic heterocycles. The first kappa shape index (κ1) is 20.5. The summed E-state index contributed by atoms with van der Waals surface area (Å²) < 4.78 is 13.2. The minimum atomic E-state index is -0.241. The van der Waals surface area contributed by atoms with Gasteiger partial charge in [0.1, 0.15) is 5.82 Å². The van der Waals surface area contributed by atoms with Gasteiger partial charge >= 0.3 is 6.03 Å². The van der Waals surface area contributed by atoms with Crippen LogP contribution >= 0.6 is 0 Å². The highest BCUT2D eigenvalue weighted by Gasteiger charge is 2.25. The molecule has 0 atom stereocenters. The molecule has 0 spiro atoms. The average molecular weight is 454 g/mol. The van der Waals surface area contributed by atoms with E-state index in [0.717, 1.165) is 34.7 Å². The van der Waals surface area contributed by atoms with Gasteiger partial charge in [0.2, 0.25) is 0 Å². The number of hydrogen-bond donors (Lipinski definition) is 2. The van der Waals surface area contributed by atoms with Gasteiger partial charge in [-0.25, -0.2) is 9.18 Å². The number of urea groups is 1. The largest absolute Gasteiger partial charge is 0.368 e. The summed E-state index contributed by atoms with van der Waals surface area (Å²) in [6.07, 6.45) is 0.875. The number of aromatic amines is 1. The fraction of sp³-hybridized carbons (Fsp3) is 0.185. The number of piperazine rings is 1. The topological polar surface area (TPSA) is 64.3 Å². The fourth-order valence-electron chi connectivity index (χ4n) is 4.84. The van der Waals surface area contributed by atoms with Gasteiger partial charge in [-0.3, -0.25) is 5.10 Å². The molecule has 3 aromatic carbocycles. The molecule has 0 bridgehead atoms. The monoisotopic (exact) mass is 453 g/mol. The second-order valence-electron chi connectivity index (χ2n) is 8.72. The molecule has 6 rings (SSSR count). The van der Waals surface area contributed by atoms with Crippen LogP contribution in [0, 0.1) is 5.82 Å². The van der Waals surface area contributed by atoms with Crippen LogP contribution in [0.2, 0.25) is 0 Å². The Morgan fingerprint density at radius 1 is 0.912 bits per heavy atom. The van der Waals surface area contributed by atoms with E-state index in [0.29, 0.717) is 26.2 Å². The summed E-state index contributed by atoms with van der Waals surface area (Å²) >= 11 is 0. The Morgan fingerprint density at radius 2 is 1.65 bits per heavy atom. The first-order chi connectivity index (χ1) is 16.7. The lowest BCUT2D eigenvalue weighted by molar-refractivity contribution is 0.208. The van der Waals surface area contributed by atoms with Crippen molar-refractivity contribution in [2.24, 2.45) is 0 Å². The van der Waals surface area contributed by atoms with Gasteiger partial charge < -0.3 is 15.1 Å². The Balaban J connectivity index is 1.09. The molecule has 7 heteroatoms. The molecule has 2 amide bonds. The number of amides is 2. The summed E-state index contributed by atoms with van der Waals surface area (Å²) in [5.41, 5.74) is 8.57.